The van der Waals surface area contributed by atoms with Gasteiger partial charge in [0.1, 0.15) is 5.75 Å². The van der Waals surface area contributed by atoms with E-state index < -0.39 is 0 Å². The van der Waals surface area contributed by atoms with Crippen LogP contribution in [0.1, 0.15) is 10.4 Å². The van der Waals surface area contributed by atoms with E-state index >= 15 is 0 Å². The fourth-order valence-corrected chi connectivity index (χ4v) is 1.95. The van der Waals surface area contributed by atoms with Crippen LogP contribution in [0.25, 0.3) is 0 Å². The van der Waals surface area contributed by atoms with Gasteiger partial charge in [-0.15, -0.1) is 0 Å². The Bertz CT molecular complexity index is 514. The number of methoxy groups -OCH3 is 1. The summed E-state index contributed by atoms with van der Waals surface area (Å²) in [5.41, 5.74) is 0.472. The monoisotopic (exact) mass is 246 g/mol. The van der Waals surface area contributed by atoms with E-state index in [0.29, 0.717) is 10.7 Å². The molecule has 0 spiro atoms. The smallest absolute Gasteiger partial charge is 0.192 e. The highest BCUT2D eigenvalue weighted by molar-refractivity contribution is 7.99. The van der Waals surface area contributed by atoms with Crippen molar-refractivity contribution >= 4 is 18.0 Å². The maximum Gasteiger partial charge on any atom is 0.192 e. The summed E-state index contributed by atoms with van der Waals surface area (Å²) in [6.07, 6.45) is 3.73. The van der Waals surface area contributed by atoms with Crippen LogP contribution in [-0.4, -0.2) is 23.4 Å². The second-order valence-electron chi connectivity index (χ2n) is 3.20. The van der Waals surface area contributed by atoms with E-state index in [2.05, 4.69) is 9.97 Å². The number of aromatic nitrogens is 2. The molecule has 2 aromatic rings. The molecule has 2 rings (SSSR count). The van der Waals surface area contributed by atoms with Crippen molar-refractivity contribution in [2.45, 2.75) is 10.1 Å². The van der Waals surface area contributed by atoms with Gasteiger partial charge in [0.25, 0.3) is 0 Å². The van der Waals surface area contributed by atoms with Crippen molar-refractivity contribution in [2.24, 2.45) is 0 Å². The molecule has 1 aromatic heterocycles. The highest BCUT2D eigenvalue weighted by Crippen LogP contribution is 2.27. The SMILES string of the molecule is COc1cccc(Sc2ncc(C=O)cn2)c1. The van der Waals surface area contributed by atoms with Crippen LogP contribution in [0.2, 0.25) is 0 Å². The second-order valence-corrected chi connectivity index (χ2v) is 4.24. The van der Waals surface area contributed by atoms with Crippen LogP contribution in [0.15, 0.2) is 46.7 Å². The molecule has 0 N–H and O–H groups in total. The van der Waals surface area contributed by atoms with Crippen LogP contribution in [0, 0.1) is 0 Å². The van der Waals surface area contributed by atoms with Crippen LogP contribution in [0.3, 0.4) is 0 Å². The van der Waals surface area contributed by atoms with E-state index in [-0.39, 0.29) is 0 Å². The summed E-state index contributed by atoms with van der Waals surface area (Å²) in [5.74, 6) is 0.791. The molecule has 0 unspecified atom stereocenters. The van der Waals surface area contributed by atoms with Crippen LogP contribution in [0.4, 0.5) is 0 Å². The third kappa shape index (κ3) is 3.04. The van der Waals surface area contributed by atoms with Crippen LogP contribution >= 0.6 is 11.8 Å². The molecule has 0 aliphatic heterocycles. The van der Waals surface area contributed by atoms with E-state index in [1.807, 2.05) is 24.3 Å². The van der Waals surface area contributed by atoms with Gasteiger partial charge in [0.15, 0.2) is 11.4 Å². The van der Waals surface area contributed by atoms with Crippen molar-refractivity contribution in [3.8, 4) is 5.75 Å². The Kier molecular flexibility index (Phi) is 3.72. The number of benzene rings is 1. The predicted octanol–water partition coefficient (Wildman–Crippen LogP) is 2.45. The third-order valence-electron chi connectivity index (χ3n) is 2.03. The average Bonchev–Trinajstić information content (AvgIpc) is 2.40. The molecule has 0 atom stereocenters. The molecular formula is C12H10N2O2S. The molecule has 0 bridgehead atoms. The summed E-state index contributed by atoms with van der Waals surface area (Å²) in [6, 6.07) is 7.63. The molecule has 4 nitrogen and oxygen atoms in total. The highest BCUT2D eigenvalue weighted by atomic mass is 32.2. The Hall–Kier alpha value is -1.88. The van der Waals surface area contributed by atoms with Crippen molar-refractivity contribution in [1.82, 2.24) is 9.97 Å². The minimum absolute atomic E-state index is 0.472. The van der Waals surface area contributed by atoms with Crippen molar-refractivity contribution in [3.63, 3.8) is 0 Å². The number of carbonyl (C=O) groups is 1. The molecule has 0 fully saturated rings. The molecule has 0 aliphatic carbocycles. The zero-order valence-electron chi connectivity index (χ0n) is 9.16. The maximum atomic E-state index is 10.5. The van der Waals surface area contributed by atoms with Crippen molar-refractivity contribution < 1.29 is 9.53 Å². The lowest BCUT2D eigenvalue weighted by molar-refractivity contribution is 0.112. The summed E-state index contributed by atoms with van der Waals surface area (Å²) >= 11 is 1.42. The summed E-state index contributed by atoms with van der Waals surface area (Å²) in [5, 5.41) is 0.601. The van der Waals surface area contributed by atoms with E-state index in [4.69, 9.17) is 4.74 Å². The topological polar surface area (TPSA) is 52.1 Å². The number of carbonyl (C=O) groups excluding carboxylic acids is 1. The Balaban J connectivity index is 2.15. The largest absolute Gasteiger partial charge is 0.497 e. The summed E-state index contributed by atoms with van der Waals surface area (Å²) in [7, 11) is 1.62. The Labute approximate surface area is 103 Å². The van der Waals surface area contributed by atoms with E-state index in [0.717, 1.165) is 16.9 Å². The van der Waals surface area contributed by atoms with Gasteiger partial charge in [0.2, 0.25) is 0 Å². The molecule has 5 heteroatoms. The van der Waals surface area contributed by atoms with Gasteiger partial charge in [-0.1, -0.05) is 6.07 Å². The average molecular weight is 246 g/mol. The van der Waals surface area contributed by atoms with Crippen molar-refractivity contribution in [3.05, 3.63) is 42.2 Å². The third-order valence-corrected chi connectivity index (χ3v) is 2.92. The maximum absolute atomic E-state index is 10.5. The first-order chi connectivity index (χ1) is 8.31. The Morgan fingerprint density at radius 1 is 1.29 bits per heavy atom. The normalized spacial score (nSPS) is 9.94. The zero-order chi connectivity index (χ0) is 12.1. The lowest BCUT2D eigenvalue weighted by Crippen LogP contribution is -1.89. The first-order valence-electron chi connectivity index (χ1n) is 4.91. The van der Waals surface area contributed by atoms with Crippen LogP contribution < -0.4 is 4.74 Å². The quantitative estimate of drug-likeness (QED) is 0.612. The second kappa shape index (κ2) is 5.45. The lowest BCUT2D eigenvalue weighted by Gasteiger charge is -2.02. The number of hydrogen-bond donors (Lipinski definition) is 0. The van der Waals surface area contributed by atoms with Gasteiger partial charge in [0, 0.05) is 17.3 Å². The van der Waals surface area contributed by atoms with Gasteiger partial charge in [-0.3, -0.25) is 4.79 Å². The fraction of sp³-hybridized carbons (Fsp3) is 0.0833. The molecule has 0 aliphatic rings. The molecular weight excluding hydrogens is 236 g/mol. The first-order valence-corrected chi connectivity index (χ1v) is 5.72. The highest BCUT2D eigenvalue weighted by Gasteiger charge is 2.02. The minimum atomic E-state index is 0.472. The molecule has 1 aromatic carbocycles. The van der Waals surface area contributed by atoms with Crippen molar-refractivity contribution in [1.29, 1.82) is 0 Å². The predicted molar refractivity (Wildman–Crippen MR) is 64.5 cm³/mol. The van der Waals surface area contributed by atoms with Gasteiger partial charge in [-0.25, -0.2) is 9.97 Å². The Morgan fingerprint density at radius 2 is 2.06 bits per heavy atom. The number of ether oxygens (including phenoxy) is 1. The van der Waals surface area contributed by atoms with E-state index in [1.165, 1.54) is 24.2 Å². The number of hydrogen-bond acceptors (Lipinski definition) is 5. The van der Waals surface area contributed by atoms with E-state index in [1.54, 1.807) is 7.11 Å². The molecule has 1 heterocycles. The molecule has 0 amide bonds. The van der Waals surface area contributed by atoms with Crippen LogP contribution in [-0.2, 0) is 0 Å². The summed E-state index contributed by atoms with van der Waals surface area (Å²) in [6.45, 7) is 0. The van der Waals surface area contributed by atoms with Gasteiger partial charge in [-0.05, 0) is 30.0 Å². The number of aldehydes is 1. The lowest BCUT2D eigenvalue weighted by atomic mass is 10.3. The fourth-order valence-electron chi connectivity index (χ4n) is 1.21. The Morgan fingerprint density at radius 3 is 2.71 bits per heavy atom. The van der Waals surface area contributed by atoms with Gasteiger partial charge in [-0.2, -0.15) is 0 Å². The van der Waals surface area contributed by atoms with Crippen LogP contribution in [0.5, 0.6) is 5.75 Å². The van der Waals surface area contributed by atoms with Gasteiger partial charge in [0.05, 0.1) is 12.7 Å². The molecule has 86 valence electrons. The number of nitrogens with zero attached hydrogens (tertiary/aromatic N) is 2. The zero-order valence-corrected chi connectivity index (χ0v) is 9.98. The summed E-state index contributed by atoms with van der Waals surface area (Å²) in [4.78, 5) is 19.6. The minimum Gasteiger partial charge on any atom is -0.497 e. The molecule has 17 heavy (non-hydrogen) atoms. The number of rotatable bonds is 4. The van der Waals surface area contributed by atoms with Gasteiger partial charge >= 0.3 is 0 Å². The van der Waals surface area contributed by atoms with E-state index in [9.17, 15) is 4.79 Å². The molecule has 0 radical (unpaired) electrons. The standard InChI is InChI=1S/C12H10N2O2S/c1-16-10-3-2-4-11(5-10)17-12-13-6-9(8-15)7-14-12/h2-8H,1H3. The summed E-state index contributed by atoms with van der Waals surface area (Å²) < 4.78 is 5.13. The molecule has 0 saturated heterocycles. The van der Waals surface area contributed by atoms with Crippen molar-refractivity contribution in [2.75, 3.05) is 7.11 Å². The molecule has 0 saturated carbocycles. The van der Waals surface area contributed by atoms with Gasteiger partial charge < -0.3 is 4.74 Å². The first kappa shape index (κ1) is 11.6.